The summed E-state index contributed by atoms with van der Waals surface area (Å²) in [6.07, 6.45) is 5.47. The third-order valence-electron chi connectivity index (χ3n) is 2.48. The maximum absolute atomic E-state index is 3.23. The lowest BCUT2D eigenvalue weighted by atomic mass is 9.85. The van der Waals surface area contributed by atoms with Crippen LogP contribution < -0.4 is 10.9 Å². The molecule has 1 aliphatic carbocycles. The molecule has 9 heavy (non-hydrogen) atoms. The fourth-order valence-corrected chi connectivity index (χ4v) is 1.87. The summed E-state index contributed by atoms with van der Waals surface area (Å²) in [6, 6.07) is 0. The Labute approximate surface area is 56.0 Å². The lowest BCUT2D eigenvalue weighted by molar-refractivity contribution is 0.312. The van der Waals surface area contributed by atoms with Crippen molar-refractivity contribution in [3.8, 4) is 0 Å². The molecule has 1 saturated heterocycles. The number of hydrogen-bond donors (Lipinski definition) is 2. The molecular weight excluding hydrogens is 112 g/mol. The van der Waals surface area contributed by atoms with Gasteiger partial charge in [-0.3, -0.25) is 0 Å². The molecule has 2 heteroatoms. The van der Waals surface area contributed by atoms with Crippen LogP contribution >= 0.6 is 0 Å². The van der Waals surface area contributed by atoms with Crippen LogP contribution in [0.5, 0.6) is 0 Å². The largest absolute Gasteiger partial charge is 0.235 e. The van der Waals surface area contributed by atoms with Gasteiger partial charge in [-0.05, 0) is 25.2 Å². The maximum atomic E-state index is 3.23. The van der Waals surface area contributed by atoms with Crippen molar-refractivity contribution in [3.63, 3.8) is 0 Å². The Bertz CT molecular complexity index is 118. The Hall–Kier alpha value is -0.0800. The highest BCUT2D eigenvalue weighted by atomic mass is 15.7. The SMILES string of the molecule is CC1CCCC2(C1)NN2. The first-order valence-electron chi connectivity index (χ1n) is 3.85. The van der Waals surface area contributed by atoms with Gasteiger partial charge < -0.3 is 0 Å². The first kappa shape index (κ1) is 5.69. The van der Waals surface area contributed by atoms with Gasteiger partial charge in [-0.2, -0.15) is 0 Å². The molecule has 2 nitrogen and oxygen atoms in total. The Morgan fingerprint density at radius 2 is 2.22 bits per heavy atom. The molecule has 2 rings (SSSR count). The van der Waals surface area contributed by atoms with Crippen molar-refractivity contribution in [3.05, 3.63) is 0 Å². The average Bonchev–Trinajstić information content (AvgIpc) is 2.49. The molecule has 2 fully saturated rings. The van der Waals surface area contributed by atoms with E-state index in [-0.39, 0.29) is 0 Å². The summed E-state index contributed by atoms with van der Waals surface area (Å²) in [5.74, 6) is 0.918. The van der Waals surface area contributed by atoms with E-state index in [4.69, 9.17) is 0 Å². The van der Waals surface area contributed by atoms with E-state index in [0.29, 0.717) is 5.66 Å². The summed E-state index contributed by atoms with van der Waals surface area (Å²) < 4.78 is 0. The molecule has 0 radical (unpaired) electrons. The van der Waals surface area contributed by atoms with Crippen LogP contribution in [0.2, 0.25) is 0 Å². The molecule has 1 unspecified atom stereocenters. The molecule has 1 aliphatic heterocycles. The van der Waals surface area contributed by atoms with Gasteiger partial charge in [0.2, 0.25) is 0 Å². The van der Waals surface area contributed by atoms with E-state index < -0.39 is 0 Å². The monoisotopic (exact) mass is 126 g/mol. The predicted molar refractivity (Wildman–Crippen MR) is 36.6 cm³/mol. The van der Waals surface area contributed by atoms with Crippen LogP contribution in [0.4, 0.5) is 0 Å². The molecule has 1 atom stereocenters. The van der Waals surface area contributed by atoms with Crippen molar-refractivity contribution < 1.29 is 0 Å². The van der Waals surface area contributed by atoms with E-state index >= 15 is 0 Å². The Morgan fingerprint density at radius 3 is 2.67 bits per heavy atom. The molecule has 2 aliphatic rings. The van der Waals surface area contributed by atoms with Crippen LogP contribution in [0.15, 0.2) is 0 Å². The second kappa shape index (κ2) is 1.70. The van der Waals surface area contributed by atoms with E-state index in [1.807, 2.05) is 0 Å². The smallest absolute Gasteiger partial charge is 0.0946 e. The summed E-state index contributed by atoms with van der Waals surface area (Å²) >= 11 is 0. The van der Waals surface area contributed by atoms with Gasteiger partial charge in [0, 0.05) is 0 Å². The zero-order valence-corrected chi connectivity index (χ0v) is 5.91. The lowest BCUT2D eigenvalue weighted by Gasteiger charge is -2.23. The van der Waals surface area contributed by atoms with E-state index in [1.165, 1.54) is 25.7 Å². The second-order valence-electron chi connectivity index (χ2n) is 3.53. The number of rotatable bonds is 0. The van der Waals surface area contributed by atoms with Gasteiger partial charge in [0.1, 0.15) is 0 Å². The van der Waals surface area contributed by atoms with Crippen LogP contribution in [0.3, 0.4) is 0 Å². The van der Waals surface area contributed by atoms with E-state index in [0.717, 1.165) is 5.92 Å². The molecular formula is C7H14N2. The van der Waals surface area contributed by atoms with Gasteiger partial charge in [-0.15, -0.1) is 0 Å². The fourth-order valence-electron chi connectivity index (χ4n) is 1.87. The zero-order chi connectivity index (χ0) is 6.32. The Balaban J connectivity index is 1.96. The average molecular weight is 126 g/mol. The highest BCUT2D eigenvalue weighted by Crippen LogP contribution is 2.34. The summed E-state index contributed by atoms with van der Waals surface area (Å²) in [4.78, 5) is 0. The van der Waals surface area contributed by atoms with Gasteiger partial charge in [-0.25, -0.2) is 10.9 Å². The zero-order valence-electron chi connectivity index (χ0n) is 5.91. The minimum atomic E-state index is 0.400. The van der Waals surface area contributed by atoms with Crippen LogP contribution in [0.25, 0.3) is 0 Å². The molecule has 0 aromatic heterocycles. The number of nitrogens with one attached hydrogen (secondary N) is 2. The summed E-state index contributed by atoms with van der Waals surface area (Å²) in [7, 11) is 0. The van der Waals surface area contributed by atoms with Gasteiger partial charge in [-0.1, -0.05) is 13.3 Å². The molecule has 0 aromatic carbocycles. The highest BCUT2D eigenvalue weighted by Gasteiger charge is 2.44. The van der Waals surface area contributed by atoms with Crippen LogP contribution in [-0.4, -0.2) is 5.66 Å². The minimum Gasteiger partial charge on any atom is -0.235 e. The first-order valence-corrected chi connectivity index (χ1v) is 3.85. The normalized spacial score (nSPS) is 39.0. The third kappa shape index (κ3) is 0.970. The highest BCUT2D eigenvalue weighted by molar-refractivity contribution is 4.97. The van der Waals surface area contributed by atoms with Crippen molar-refractivity contribution in [1.29, 1.82) is 0 Å². The Morgan fingerprint density at radius 1 is 1.44 bits per heavy atom. The quantitative estimate of drug-likeness (QED) is 0.475. The van der Waals surface area contributed by atoms with Gasteiger partial charge in [0.25, 0.3) is 0 Å². The van der Waals surface area contributed by atoms with Crippen LogP contribution in [0, 0.1) is 5.92 Å². The van der Waals surface area contributed by atoms with Crippen molar-refractivity contribution in [1.82, 2.24) is 10.9 Å². The third-order valence-corrected chi connectivity index (χ3v) is 2.48. The van der Waals surface area contributed by atoms with Crippen LogP contribution in [0.1, 0.15) is 32.6 Å². The molecule has 1 saturated carbocycles. The van der Waals surface area contributed by atoms with Crippen molar-refractivity contribution in [2.75, 3.05) is 0 Å². The second-order valence-corrected chi connectivity index (χ2v) is 3.53. The minimum absolute atomic E-state index is 0.400. The van der Waals surface area contributed by atoms with Crippen molar-refractivity contribution in [2.45, 2.75) is 38.3 Å². The van der Waals surface area contributed by atoms with E-state index in [1.54, 1.807) is 0 Å². The summed E-state index contributed by atoms with van der Waals surface area (Å²) in [5, 5.41) is 0. The molecule has 1 spiro atoms. The standard InChI is InChI=1S/C7H14N2/c1-6-3-2-4-7(5-6)8-9-7/h6,8-9H,2-5H2,1H3. The molecule has 2 N–H and O–H groups in total. The van der Waals surface area contributed by atoms with Crippen molar-refractivity contribution >= 4 is 0 Å². The number of hydrazine groups is 1. The fraction of sp³-hybridized carbons (Fsp3) is 1.00. The van der Waals surface area contributed by atoms with E-state index in [9.17, 15) is 0 Å². The van der Waals surface area contributed by atoms with Gasteiger partial charge in [0.15, 0.2) is 0 Å². The molecule has 1 heterocycles. The number of hydrogen-bond acceptors (Lipinski definition) is 2. The van der Waals surface area contributed by atoms with Crippen LogP contribution in [-0.2, 0) is 0 Å². The molecule has 52 valence electrons. The molecule has 0 aromatic rings. The predicted octanol–water partition coefficient (Wildman–Crippen LogP) is 1.00. The van der Waals surface area contributed by atoms with Gasteiger partial charge >= 0.3 is 0 Å². The molecule has 0 bridgehead atoms. The Kier molecular flexibility index (Phi) is 1.08. The lowest BCUT2D eigenvalue weighted by Crippen LogP contribution is -2.25. The topological polar surface area (TPSA) is 43.9 Å². The maximum Gasteiger partial charge on any atom is 0.0946 e. The molecule has 0 amide bonds. The van der Waals surface area contributed by atoms with Crippen molar-refractivity contribution in [2.24, 2.45) is 5.92 Å². The summed E-state index contributed by atoms with van der Waals surface area (Å²) in [5.41, 5.74) is 6.86. The van der Waals surface area contributed by atoms with E-state index in [2.05, 4.69) is 17.8 Å². The first-order chi connectivity index (χ1) is 4.31. The summed E-state index contributed by atoms with van der Waals surface area (Å²) in [6.45, 7) is 2.34. The van der Waals surface area contributed by atoms with Gasteiger partial charge in [0.05, 0.1) is 5.66 Å².